The fourth-order valence-corrected chi connectivity index (χ4v) is 4.49. The van der Waals surface area contributed by atoms with Crippen molar-refractivity contribution in [1.82, 2.24) is 4.90 Å². The Hall–Kier alpha value is -3.05. The van der Waals surface area contributed by atoms with Crippen LogP contribution in [0.15, 0.2) is 60.7 Å². The van der Waals surface area contributed by atoms with Crippen molar-refractivity contribution in [2.75, 3.05) is 18.4 Å². The first-order valence-electron chi connectivity index (χ1n) is 12.1. The van der Waals surface area contributed by atoms with Crippen molar-refractivity contribution in [3.05, 3.63) is 93.8 Å². The lowest BCUT2D eigenvalue weighted by atomic mass is 9.87. The first-order chi connectivity index (χ1) is 16.7. The zero-order chi connectivity index (χ0) is 25.0. The van der Waals surface area contributed by atoms with Gasteiger partial charge < -0.3 is 15.0 Å². The molecule has 3 aromatic carbocycles. The normalized spacial score (nSPS) is 13.1. The molecule has 6 heteroatoms. The molecule has 0 fully saturated rings. The summed E-state index contributed by atoms with van der Waals surface area (Å²) in [6.07, 6.45) is 2.00. The zero-order valence-corrected chi connectivity index (χ0v) is 21.3. The van der Waals surface area contributed by atoms with Gasteiger partial charge >= 0.3 is 6.09 Å². The number of hydrogen-bond donors (Lipinski definition) is 1. The maximum atomic E-state index is 13.4. The Bertz CT molecular complexity index is 1170. The highest BCUT2D eigenvalue weighted by atomic mass is 35.5. The minimum Gasteiger partial charge on any atom is -0.408 e. The van der Waals surface area contributed by atoms with Gasteiger partial charge in [-0.15, -0.1) is 0 Å². The van der Waals surface area contributed by atoms with Crippen molar-refractivity contribution in [1.29, 1.82) is 0 Å². The highest BCUT2D eigenvalue weighted by Gasteiger charge is 2.22. The number of nitrogens with zero attached hydrogens (tertiary/aromatic N) is 1. The molecule has 0 saturated carbocycles. The quantitative estimate of drug-likeness (QED) is 0.388. The van der Waals surface area contributed by atoms with E-state index in [-0.39, 0.29) is 11.2 Å². The van der Waals surface area contributed by atoms with Crippen LogP contribution in [0, 0.1) is 5.82 Å². The van der Waals surface area contributed by atoms with Crippen LogP contribution in [0.25, 0.3) is 0 Å². The molecule has 0 spiro atoms. The lowest BCUT2D eigenvalue weighted by Gasteiger charge is -2.26. The lowest BCUT2D eigenvalue weighted by Crippen LogP contribution is -2.35. The molecule has 35 heavy (non-hydrogen) atoms. The summed E-state index contributed by atoms with van der Waals surface area (Å²) in [5.41, 5.74) is 5.05. The van der Waals surface area contributed by atoms with Gasteiger partial charge in [-0.25, -0.2) is 9.18 Å². The maximum Gasteiger partial charge on any atom is 0.415 e. The summed E-state index contributed by atoms with van der Waals surface area (Å²) in [6, 6.07) is 18.2. The molecule has 0 aliphatic carbocycles. The Labute approximate surface area is 212 Å². The maximum absolute atomic E-state index is 13.4. The highest BCUT2D eigenvalue weighted by molar-refractivity contribution is 6.31. The first kappa shape index (κ1) is 25.1. The summed E-state index contributed by atoms with van der Waals surface area (Å²) >= 11 is 6.38. The van der Waals surface area contributed by atoms with Crippen molar-refractivity contribution in [2.24, 2.45) is 0 Å². The number of benzene rings is 3. The van der Waals surface area contributed by atoms with Crippen molar-refractivity contribution in [2.45, 2.75) is 52.0 Å². The molecule has 0 bridgehead atoms. The molecule has 1 aliphatic rings. The number of carbonyl (C=O) groups is 1. The number of hydrogen-bond acceptors (Lipinski definition) is 3. The molecule has 1 aliphatic heterocycles. The minimum atomic E-state index is -0.427. The first-order valence-corrected chi connectivity index (χ1v) is 12.4. The van der Waals surface area contributed by atoms with Crippen LogP contribution in [0.2, 0.25) is 5.02 Å². The Morgan fingerprint density at radius 1 is 1.03 bits per heavy atom. The molecular weight excluding hydrogens is 463 g/mol. The predicted molar refractivity (Wildman–Crippen MR) is 140 cm³/mol. The van der Waals surface area contributed by atoms with E-state index in [0.717, 1.165) is 41.8 Å². The second-order valence-corrected chi connectivity index (χ2v) is 10.4. The number of rotatable bonds is 6. The molecule has 0 unspecified atom stereocenters. The summed E-state index contributed by atoms with van der Waals surface area (Å²) in [7, 11) is 0. The van der Waals surface area contributed by atoms with Crippen molar-refractivity contribution in [3.8, 4) is 5.75 Å². The highest BCUT2D eigenvalue weighted by Crippen LogP contribution is 2.37. The minimum absolute atomic E-state index is 0.0560. The van der Waals surface area contributed by atoms with E-state index in [1.54, 1.807) is 29.2 Å². The van der Waals surface area contributed by atoms with E-state index in [2.05, 4.69) is 50.4 Å². The van der Waals surface area contributed by atoms with Crippen molar-refractivity contribution in [3.63, 3.8) is 0 Å². The Morgan fingerprint density at radius 3 is 2.40 bits per heavy atom. The van der Waals surface area contributed by atoms with Crippen LogP contribution >= 0.6 is 11.6 Å². The van der Waals surface area contributed by atoms with Crippen LogP contribution in [0.5, 0.6) is 5.75 Å². The van der Waals surface area contributed by atoms with Gasteiger partial charge in [0, 0.05) is 24.7 Å². The third-order valence-corrected chi connectivity index (χ3v) is 6.71. The molecule has 0 aromatic heterocycles. The largest absolute Gasteiger partial charge is 0.415 e. The molecule has 4 rings (SSSR count). The van der Waals surface area contributed by atoms with Crippen LogP contribution in [0.3, 0.4) is 0 Å². The second kappa shape index (κ2) is 10.7. The summed E-state index contributed by atoms with van der Waals surface area (Å²) in [5.74, 6) is 0.216. The smallest absolute Gasteiger partial charge is 0.408 e. The summed E-state index contributed by atoms with van der Waals surface area (Å²) in [4.78, 5) is 15.1. The van der Waals surface area contributed by atoms with Gasteiger partial charge in [-0.1, -0.05) is 68.8 Å². The predicted octanol–water partition coefficient (Wildman–Crippen LogP) is 7.38. The second-order valence-electron chi connectivity index (χ2n) is 10.0. The Balaban J connectivity index is 1.54. The van der Waals surface area contributed by atoms with E-state index in [9.17, 15) is 9.18 Å². The standard InChI is InChI=1S/C29H32ClFN2O2/c1-29(2,3)22-10-6-21(7-11-22)19-33(18-16-20-8-12-23(31)13-9-20)28(34)35-26-15-14-25(30)24-5-4-17-32-27(24)26/h6-15,32H,4-5,16-19H2,1-3H3. The average molecular weight is 495 g/mol. The number of nitrogens with one attached hydrogen (secondary N) is 1. The average Bonchev–Trinajstić information content (AvgIpc) is 2.84. The summed E-state index contributed by atoms with van der Waals surface area (Å²) in [5, 5.41) is 4.01. The number of ether oxygens (including phenoxy) is 1. The van der Waals surface area contributed by atoms with Crippen molar-refractivity contribution >= 4 is 23.4 Å². The van der Waals surface area contributed by atoms with Gasteiger partial charge in [0.05, 0.1) is 5.69 Å². The third kappa shape index (κ3) is 6.34. The van der Waals surface area contributed by atoms with Gasteiger partial charge in [0.25, 0.3) is 0 Å². The number of halogens is 2. The van der Waals surface area contributed by atoms with E-state index in [1.807, 2.05) is 0 Å². The number of amides is 1. The van der Waals surface area contributed by atoms with Gasteiger partial charge in [0.1, 0.15) is 5.82 Å². The number of fused-ring (bicyclic) bond motifs is 1. The molecule has 0 atom stereocenters. The van der Waals surface area contributed by atoms with E-state index in [4.69, 9.17) is 16.3 Å². The Morgan fingerprint density at radius 2 is 1.71 bits per heavy atom. The van der Waals surface area contributed by atoms with Gasteiger partial charge in [-0.05, 0) is 71.2 Å². The third-order valence-electron chi connectivity index (χ3n) is 6.36. The monoisotopic (exact) mass is 494 g/mol. The molecule has 0 radical (unpaired) electrons. The van der Waals surface area contributed by atoms with Crippen LogP contribution in [0.1, 0.15) is 49.4 Å². The van der Waals surface area contributed by atoms with E-state index in [1.165, 1.54) is 17.7 Å². The van der Waals surface area contributed by atoms with Gasteiger partial charge in [0.15, 0.2) is 5.75 Å². The van der Waals surface area contributed by atoms with Crippen LogP contribution in [-0.4, -0.2) is 24.1 Å². The molecule has 0 saturated heterocycles. The van der Waals surface area contributed by atoms with Crippen LogP contribution in [0.4, 0.5) is 14.9 Å². The topological polar surface area (TPSA) is 41.6 Å². The fraction of sp³-hybridized carbons (Fsp3) is 0.345. The molecular formula is C29H32ClFN2O2. The molecule has 4 nitrogen and oxygen atoms in total. The molecule has 1 N–H and O–H groups in total. The fourth-order valence-electron chi connectivity index (χ4n) is 4.24. The van der Waals surface area contributed by atoms with E-state index in [0.29, 0.717) is 30.3 Å². The molecule has 3 aromatic rings. The zero-order valence-electron chi connectivity index (χ0n) is 20.5. The number of anilines is 1. The van der Waals surface area contributed by atoms with E-state index < -0.39 is 6.09 Å². The van der Waals surface area contributed by atoms with Gasteiger partial charge in [-0.2, -0.15) is 0 Å². The lowest BCUT2D eigenvalue weighted by molar-refractivity contribution is 0.150. The SMILES string of the molecule is CC(C)(C)c1ccc(CN(CCc2ccc(F)cc2)C(=O)Oc2ccc(Cl)c3c2NCCC3)cc1. The van der Waals surface area contributed by atoms with Crippen molar-refractivity contribution < 1.29 is 13.9 Å². The van der Waals surface area contributed by atoms with Crippen LogP contribution in [-0.2, 0) is 24.8 Å². The number of carbonyl (C=O) groups excluding carboxylic acids is 1. The molecule has 1 amide bonds. The molecule has 184 valence electrons. The summed E-state index contributed by atoms with van der Waals surface area (Å²) < 4.78 is 19.2. The summed E-state index contributed by atoms with van der Waals surface area (Å²) in [6.45, 7) is 8.19. The van der Waals surface area contributed by atoms with Gasteiger partial charge in [-0.3, -0.25) is 0 Å². The van der Waals surface area contributed by atoms with E-state index >= 15 is 0 Å². The van der Waals surface area contributed by atoms with Gasteiger partial charge in [0.2, 0.25) is 0 Å². The van der Waals surface area contributed by atoms with Crippen LogP contribution < -0.4 is 10.1 Å². The molecule has 1 heterocycles. The Kier molecular flexibility index (Phi) is 7.66.